The zero-order valence-electron chi connectivity index (χ0n) is 8.69. The summed E-state index contributed by atoms with van der Waals surface area (Å²) in [5, 5.41) is 7.06. The Kier molecular flexibility index (Phi) is 1.98. The smallest absolute Gasteiger partial charge is 0.317 e. The molecule has 92 valence electrons. The lowest BCUT2D eigenvalue weighted by Crippen LogP contribution is -2.12. The second-order valence-corrected chi connectivity index (χ2v) is 3.71. The molecule has 0 aliphatic rings. The van der Waals surface area contributed by atoms with E-state index in [9.17, 15) is 18.0 Å². The SMILES string of the molecule is O=c1[nH]c2ccc(C(F)(F)F)cc2n2cnnc12. The van der Waals surface area contributed by atoms with Crippen LogP contribution in [0.4, 0.5) is 13.2 Å². The van der Waals surface area contributed by atoms with E-state index >= 15 is 0 Å². The molecule has 0 radical (unpaired) electrons. The number of fused-ring (bicyclic) bond motifs is 3. The Labute approximate surface area is 96.9 Å². The van der Waals surface area contributed by atoms with Crippen molar-refractivity contribution in [1.29, 1.82) is 0 Å². The number of nitrogens with one attached hydrogen (secondary N) is 1. The van der Waals surface area contributed by atoms with Gasteiger partial charge in [-0.05, 0) is 18.2 Å². The maximum atomic E-state index is 12.6. The summed E-state index contributed by atoms with van der Waals surface area (Å²) in [4.78, 5) is 14.0. The van der Waals surface area contributed by atoms with Crippen LogP contribution < -0.4 is 5.56 Å². The average Bonchev–Trinajstić information content (AvgIpc) is 2.77. The molecule has 0 saturated heterocycles. The number of hydrogen-bond donors (Lipinski definition) is 1. The summed E-state index contributed by atoms with van der Waals surface area (Å²) in [5.41, 5.74) is -0.844. The highest BCUT2D eigenvalue weighted by atomic mass is 19.4. The molecule has 0 amide bonds. The summed E-state index contributed by atoms with van der Waals surface area (Å²) in [6, 6.07) is 3.06. The highest BCUT2D eigenvalue weighted by Gasteiger charge is 2.30. The van der Waals surface area contributed by atoms with Crippen molar-refractivity contribution in [2.24, 2.45) is 0 Å². The third-order valence-electron chi connectivity index (χ3n) is 2.58. The Morgan fingerprint density at radius 3 is 2.78 bits per heavy atom. The van der Waals surface area contributed by atoms with Crippen molar-refractivity contribution in [2.75, 3.05) is 0 Å². The summed E-state index contributed by atoms with van der Waals surface area (Å²) in [6.45, 7) is 0. The molecule has 0 aliphatic carbocycles. The fourth-order valence-corrected chi connectivity index (χ4v) is 1.76. The molecule has 18 heavy (non-hydrogen) atoms. The Morgan fingerprint density at radius 1 is 1.28 bits per heavy atom. The van der Waals surface area contributed by atoms with Crippen LogP contribution in [0.1, 0.15) is 5.56 Å². The predicted octanol–water partition coefficient (Wildman–Crippen LogP) is 1.59. The van der Waals surface area contributed by atoms with Crippen molar-refractivity contribution in [3.8, 4) is 0 Å². The van der Waals surface area contributed by atoms with Gasteiger partial charge < -0.3 is 4.98 Å². The van der Waals surface area contributed by atoms with Crippen LogP contribution in [-0.4, -0.2) is 19.6 Å². The molecule has 5 nitrogen and oxygen atoms in total. The molecule has 0 unspecified atom stereocenters. The molecule has 1 N–H and O–H groups in total. The maximum Gasteiger partial charge on any atom is 0.416 e. The van der Waals surface area contributed by atoms with E-state index in [0.29, 0.717) is 5.52 Å². The van der Waals surface area contributed by atoms with Crippen molar-refractivity contribution in [3.63, 3.8) is 0 Å². The molecule has 0 aliphatic heterocycles. The van der Waals surface area contributed by atoms with Crippen LogP contribution in [0.3, 0.4) is 0 Å². The zero-order valence-corrected chi connectivity index (χ0v) is 8.69. The standard InChI is InChI=1S/C10H5F3N4O/c11-10(12,13)5-1-2-6-7(3-5)17-4-14-16-8(17)9(18)15-6/h1-4H,(H,15,18). The van der Waals surface area contributed by atoms with E-state index in [1.807, 2.05) is 0 Å². The number of aromatic nitrogens is 4. The van der Waals surface area contributed by atoms with Gasteiger partial charge in [-0.15, -0.1) is 10.2 Å². The Bertz CT molecular complexity index is 802. The van der Waals surface area contributed by atoms with Gasteiger partial charge in [0.1, 0.15) is 6.33 Å². The minimum Gasteiger partial charge on any atom is -0.317 e. The molecule has 0 bridgehead atoms. The first-order chi connectivity index (χ1) is 8.47. The first kappa shape index (κ1) is 10.8. The third kappa shape index (κ3) is 1.45. The van der Waals surface area contributed by atoms with Crippen LogP contribution in [0, 0.1) is 0 Å². The van der Waals surface area contributed by atoms with Gasteiger partial charge in [-0.3, -0.25) is 9.20 Å². The largest absolute Gasteiger partial charge is 0.416 e. The number of rotatable bonds is 0. The fourth-order valence-electron chi connectivity index (χ4n) is 1.76. The van der Waals surface area contributed by atoms with Crippen LogP contribution in [0.25, 0.3) is 16.7 Å². The number of aromatic amines is 1. The Morgan fingerprint density at radius 2 is 2.06 bits per heavy atom. The maximum absolute atomic E-state index is 12.6. The van der Waals surface area contributed by atoms with Gasteiger partial charge in [0.2, 0.25) is 5.65 Å². The lowest BCUT2D eigenvalue weighted by Gasteiger charge is -2.08. The number of halogens is 3. The monoisotopic (exact) mass is 254 g/mol. The molecule has 0 atom stereocenters. The lowest BCUT2D eigenvalue weighted by atomic mass is 10.2. The average molecular weight is 254 g/mol. The summed E-state index contributed by atoms with van der Waals surface area (Å²) in [6.07, 6.45) is -3.24. The van der Waals surface area contributed by atoms with Crippen LogP contribution in [0.2, 0.25) is 0 Å². The van der Waals surface area contributed by atoms with E-state index in [-0.39, 0.29) is 11.2 Å². The molecular weight excluding hydrogens is 249 g/mol. The number of benzene rings is 1. The van der Waals surface area contributed by atoms with E-state index < -0.39 is 17.3 Å². The highest BCUT2D eigenvalue weighted by Crippen LogP contribution is 2.30. The van der Waals surface area contributed by atoms with E-state index in [0.717, 1.165) is 12.1 Å². The van der Waals surface area contributed by atoms with Crippen LogP contribution in [0.5, 0.6) is 0 Å². The zero-order chi connectivity index (χ0) is 12.9. The van der Waals surface area contributed by atoms with Gasteiger partial charge in [0, 0.05) is 0 Å². The number of hydrogen-bond acceptors (Lipinski definition) is 3. The van der Waals surface area contributed by atoms with Crippen molar-refractivity contribution in [3.05, 3.63) is 40.4 Å². The topological polar surface area (TPSA) is 63.0 Å². The number of H-pyrrole nitrogens is 1. The predicted molar refractivity (Wildman–Crippen MR) is 56.1 cm³/mol. The molecule has 2 heterocycles. The van der Waals surface area contributed by atoms with E-state index in [1.165, 1.54) is 16.8 Å². The Hall–Kier alpha value is -2.38. The molecule has 2 aromatic heterocycles. The summed E-state index contributed by atoms with van der Waals surface area (Å²) in [5.74, 6) is 0. The van der Waals surface area contributed by atoms with Crippen LogP contribution in [0.15, 0.2) is 29.3 Å². The van der Waals surface area contributed by atoms with E-state index in [4.69, 9.17) is 0 Å². The third-order valence-corrected chi connectivity index (χ3v) is 2.58. The second kappa shape index (κ2) is 3.31. The van der Waals surface area contributed by atoms with Crippen LogP contribution >= 0.6 is 0 Å². The first-order valence-electron chi connectivity index (χ1n) is 4.90. The van der Waals surface area contributed by atoms with Gasteiger partial charge in [-0.25, -0.2) is 0 Å². The van der Waals surface area contributed by atoms with Crippen molar-refractivity contribution < 1.29 is 13.2 Å². The number of nitrogens with zero attached hydrogens (tertiary/aromatic N) is 3. The van der Waals surface area contributed by atoms with Gasteiger partial charge in [-0.1, -0.05) is 0 Å². The van der Waals surface area contributed by atoms with Gasteiger partial charge in [-0.2, -0.15) is 13.2 Å². The Balaban J connectivity index is 2.46. The summed E-state index contributed by atoms with van der Waals surface area (Å²) < 4.78 is 39.1. The van der Waals surface area contributed by atoms with Crippen molar-refractivity contribution in [2.45, 2.75) is 6.18 Å². The van der Waals surface area contributed by atoms with Gasteiger partial charge in [0.05, 0.1) is 16.6 Å². The normalized spacial score (nSPS) is 12.4. The first-order valence-corrected chi connectivity index (χ1v) is 4.90. The van der Waals surface area contributed by atoms with E-state index in [2.05, 4.69) is 15.2 Å². The highest BCUT2D eigenvalue weighted by molar-refractivity contribution is 5.78. The molecule has 1 aromatic carbocycles. The molecule has 0 spiro atoms. The second-order valence-electron chi connectivity index (χ2n) is 3.71. The van der Waals surface area contributed by atoms with Crippen molar-refractivity contribution >= 4 is 16.7 Å². The minimum atomic E-state index is -4.44. The molecule has 3 rings (SSSR count). The number of alkyl halides is 3. The van der Waals surface area contributed by atoms with Gasteiger partial charge in [0.25, 0.3) is 5.56 Å². The van der Waals surface area contributed by atoms with Gasteiger partial charge in [0.15, 0.2) is 0 Å². The lowest BCUT2D eigenvalue weighted by molar-refractivity contribution is -0.137. The summed E-state index contributed by atoms with van der Waals surface area (Å²) >= 11 is 0. The molecule has 0 saturated carbocycles. The summed E-state index contributed by atoms with van der Waals surface area (Å²) in [7, 11) is 0. The quantitative estimate of drug-likeness (QED) is 0.662. The van der Waals surface area contributed by atoms with Crippen LogP contribution in [-0.2, 0) is 6.18 Å². The minimum absolute atomic E-state index is 0.0400. The molecule has 3 aromatic rings. The molecule has 0 fully saturated rings. The van der Waals surface area contributed by atoms with Gasteiger partial charge >= 0.3 is 6.18 Å². The van der Waals surface area contributed by atoms with Crippen molar-refractivity contribution in [1.82, 2.24) is 19.6 Å². The molecule has 8 heteroatoms. The van der Waals surface area contributed by atoms with E-state index in [1.54, 1.807) is 0 Å². The fraction of sp³-hybridized carbons (Fsp3) is 0.100. The molecular formula is C10H5F3N4O.